The molecule has 17 heavy (non-hydrogen) atoms. The Kier molecular flexibility index (Phi) is 3.53. The van der Waals surface area contributed by atoms with Crippen molar-refractivity contribution < 1.29 is 12.8 Å². The largest absolute Gasteiger partial charge is 0.447 e. The molecular formula is C11H18N2O3S. The molecule has 1 aromatic rings. The fourth-order valence-corrected chi connectivity index (χ4v) is 3.96. The maximum atomic E-state index is 11.9. The molecule has 1 aliphatic heterocycles. The zero-order chi connectivity index (χ0) is 12.5. The maximum Gasteiger partial charge on any atom is 0.212 e. The summed E-state index contributed by atoms with van der Waals surface area (Å²) in [6.07, 6.45) is 4.39. The molecule has 0 aliphatic carbocycles. The molecule has 1 aliphatic rings. The first-order chi connectivity index (χ1) is 7.99. The Labute approximate surface area is 101 Å². The van der Waals surface area contributed by atoms with Gasteiger partial charge in [-0.05, 0) is 19.8 Å². The predicted octanol–water partition coefficient (Wildman–Crippen LogP) is 1.20. The van der Waals surface area contributed by atoms with Gasteiger partial charge >= 0.3 is 0 Å². The van der Waals surface area contributed by atoms with Gasteiger partial charge in [-0.15, -0.1) is 0 Å². The molecule has 2 rings (SSSR count). The molecule has 2 N–H and O–H groups in total. The number of sulfone groups is 1. The van der Waals surface area contributed by atoms with Gasteiger partial charge in [-0.2, -0.15) is 0 Å². The van der Waals surface area contributed by atoms with Crippen LogP contribution in [0.15, 0.2) is 10.7 Å². The minimum absolute atomic E-state index is 0.00378. The SMILES string of the molecule is CC(N)Cc1coc(C2CCCCS2(=O)=O)n1. The Morgan fingerprint density at radius 3 is 3.00 bits per heavy atom. The molecule has 5 nitrogen and oxygen atoms in total. The minimum Gasteiger partial charge on any atom is -0.447 e. The van der Waals surface area contributed by atoms with Crippen LogP contribution >= 0.6 is 0 Å². The highest BCUT2D eigenvalue weighted by Gasteiger charge is 2.33. The van der Waals surface area contributed by atoms with Crippen LogP contribution in [0.2, 0.25) is 0 Å². The van der Waals surface area contributed by atoms with Crippen LogP contribution < -0.4 is 5.73 Å². The van der Waals surface area contributed by atoms with E-state index in [1.165, 1.54) is 6.26 Å². The minimum atomic E-state index is -3.08. The highest BCUT2D eigenvalue weighted by Crippen LogP contribution is 2.32. The highest BCUT2D eigenvalue weighted by molar-refractivity contribution is 7.91. The molecule has 0 bridgehead atoms. The second-order valence-corrected chi connectivity index (χ2v) is 7.01. The number of hydrogen-bond donors (Lipinski definition) is 1. The molecule has 0 radical (unpaired) electrons. The summed E-state index contributed by atoms with van der Waals surface area (Å²) in [5, 5.41) is -0.557. The molecule has 96 valence electrons. The Hall–Kier alpha value is -0.880. The molecule has 0 spiro atoms. The molecule has 1 fully saturated rings. The topological polar surface area (TPSA) is 86.2 Å². The third kappa shape index (κ3) is 2.87. The van der Waals surface area contributed by atoms with Crippen LogP contribution in [0.4, 0.5) is 0 Å². The lowest BCUT2D eigenvalue weighted by molar-refractivity contribution is 0.452. The number of nitrogens with zero attached hydrogens (tertiary/aromatic N) is 1. The van der Waals surface area contributed by atoms with Crippen LogP contribution in [-0.4, -0.2) is 25.2 Å². The lowest BCUT2D eigenvalue weighted by Gasteiger charge is -2.18. The van der Waals surface area contributed by atoms with E-state index in [2.05, 4.69) is 4.98 Å². The van der Waals surface area contributed by atoms with E-state index in [9.17, 15) is 8.42 Å². The molecule has 0 saturated carbocycles. The van der Waals surface area contributed by atoms with Gasteiger partial charge in [-0.3, -0.25) is 0 Å². The van der Waals surface area contributed by atoms with Crippen molar-refractivity contribution in [2.75, 3.05) is 5.75 Å². The van der Waals surface area contributed by atoms with Crippen molar-refractivity contribution in [3.63, 3.8) is 0 Å². The van der Waals surface area contributed by atoms with Crippen molar-refractivity contribution >= 4 is 9.84 Å². The number of rotatable bonds is 3. The Morgan fingerprint density at radius 1 is 1.59 bits per heavy atom. The normalized spacial score (nSPS) is 25.6. The third-order valence-corrected chi connectivity index (χ3v) is 5.12. The second-order valence-electron chi connectivity index (χ2n) is 4.71. The van der Waals surface area contributed by atoms with Crippen LogP contribution in [0.5, 0.6) is 0 Å². The molecular weight excluding hydrogens is 240 g/mol. The molecule has 1 aromatic heterocycles. The molecule has 0 amide bonds. The molecule has 1 saturated heterocycles. The first-order valence-electron chi connectivity index (χ1n) is 5.90. The Balaban J connectivity index is 2.19. The van der Waals surface area contributed by atoms with Crippen LogP contribution in [0.25, 0.3) is 0 Å². The lowest BCUT2D eigenvalue weighted by Crippen LogP contribution is -2.22. The van der Waals surface area contributed by atoms with E-state index >= 15 is 0 Å². The van der Waals surface area contributed by atoms with Crippen molar-refractivity contribution in [2.24, 2.45) is 5.73 Å². The van der Waals surface area contributed by atoms with Crippen molar-refractivity contribution in [1.82, 2.24) is 4.98 Å². The van der Waals surface area contributed by atoms with Crippen molar-refractivity contribution in [3.05, 3.63) is 17.8 Å². The average molecular weight is 258 g/mol. The Morgan fingerprint density at radius 2 is 2.35 bits per heavy atom. The summed E-state index contributed by atoms with van der Waals surface area (Å²) in [6, 6.07) is -0.00378. The van der Waals surface area contributed by atoms with Gasteiger partial charge in [0, 0.05) is 12.5 Å². The van der Waals surface area contributed by atoms with Crippen molar-refractivity contribution in [2.45, 2.75) is 43.9 Å². The number of hydrogen-bond acceptors (Lipinski definition) is 5. The van der Waals surface area contributed by atoms with Crippen LogP contribution in [0, 0.1) is 0 Å². The smallest absolute Gasteiger partial charge is 0.212 e. The van der Waals surface area contributed by atoms with Gasteiger partial charge in [0.1, 0.15) is 11.5 Å². The van der Waals surface area contributed by atoms with E-state index in [-0.39, 0.29) is 11.8 Å². The fourth-order valence-electron chi connectivity index (χ4n) is 2.13. The summed E-state index contributed by atoms with van der Waals surface area (Å²) in [4.78, 5) is 4.24. The summed E-state index contributed by atoms with van der Waals surface area (Å²) in [7, 11) is -3.08. The van der Waals surface area contributed by atoms with E-state index in [0.29, 0.717) is 18.7 Å². The van der Waals surface area contributed by atoms with Crippen LogP contribution in [0.1, 0.15) is 43.0 Å². The van der Waals surface area contributed by atoms with E-state index in [1.54, 1.807) is 0 Å². The van der Waals surface area contributed by atoms with Gasteiger partial charge in [0.25, 0.3) is 0 Å². The monoisotopic (exact) mass is 258 g/mol. The van der Waals surface area contributed by atoms with Crippen molar-refractivity contribution in [1.29, 1.82) is 0 Å². The van der Waals surface area contributed by atoms with Gasteiger partial charge in [0.15, 0.2) is 9.84 Å². The molecule has 0 aromatic carbocycles. The van der Waals surface area contributed by atoms with Gasteiger partial charge in [0.2, 0.25) is 5.89 Å². The third-order valence-electron chi connectivity index (χ3n) is 2.95. The number of oxazole rings is 1. The number of nitrogens with two attached hydrogens (primary N) is 1. The predicted molar refractivity (Wildman–Crippen MR) is 64.2 cm³/mol. The summed E-state index contributed by atoms with van der Waals surface area (Å²) in [5.74, 6) is 0.572. The first kappa shape index (κ1) is 12.6. The quantitative estimate of drug-likeness (QED) is 0.880. The van der Waals surface area contributed by atoms with E-state index < -0.39 is 15.1 Å². The molecule has 2 unspecified atom stereocenters. The summed E-state index contributed by atoms with van der Waals surface area (Å²) >= 11 is 0. The lowest BCUT2D eigenvalue weighted by atomic mass is 10.2. The highest BCUT2D eigenvalue weighted by atomic mass is 32.2. The van der Waals surface area contributed by atoms with Gasteiger partial charge < -0.3 is 10.2 Å². The van der Waals surface area contributed by atoms with Crippen molar-refractivity contribution in [3.8, 4) is 0 Å². The van der Waals surface area contributed by atoms with E-state index in [1.807, 2.05) is 6.92 Å². The van der Waals surface area contributed by atoms with Crippen LogP contribution in [0.3, 0.4) is 0 Å². The second kappa shape index (κ2) is 4.78. The standard InChI is InChI=1S/C11H18N2O3S/c1-8(12)6-9-7-16-11(13-9)10-4-2-3-5-17(10,14)15/h7-8,10H,2-6,12H2,1H3. The summed E-state index contributed by atoms with van der Waals surface area (Å²) < 4.78 is 29.1. The fraction of sp³-hybridized carbons (Fsp3) is 0.727. The van der Waals surface area contributed by atoms with Gasteiger partial charge in [-0.25, -0.2) is 13.4 Å². The van der Waals surface area contributed by atoms with E-state index in [0.717, 1.165) is 18.5 Å². The molecule has 6 heteroatoms. The van der Waals surface area contributed by atoms with E-state index in [4.69, 9.17) is 10.2 Å². The number of aromatic nitrogens is 1. The van der Waals surface area contributed by atoms with Crippen LogP contribution in [-0.2, 0) is 16.3 Å². The summed E-state index contributed by atoms with van der Waals surface area (Å²) in [5.41, 5.74) is 6.40. The molecule has 2 heterocycles. The van der Waals surface area contributed by atoms with Gasteiger partial charge in [0.05, 0.1) is 11.4 Å². The van der Waals surface area contributed by atoms with Gasteiger partial charge in [-0.1, -0.05) is 6.42 Å². The average Bonchev–Trinajstić information content (AvgIpc) is 2.64. The zero-order valence-corrected chi connectivity index (χ0v) is 10.7. The first-order valence-corrected chi connectivity index (χ1v) is 7.62. The zero-order valence-electron chi connectivity index (χ0n) is 9.93. The maximum absolute atomic E-state index is 11.9. The molecule has 2 atom stereocenters. The Bertz CT molecular complexity index is 479. The summed E-state index contributed by atoms with van der Waals surface area (Å²) in [6.45, 7) is 1.88.